The third kappa shape index (κ3) is 5.22. The molecule has 0 aromatic heterocycles. The fourth-order valence-electron chi connectivity index (χ4n) is 3.45. The van der Waals surface area contributed by atoms with Gasteiger partial charge in [0.25, 0.3) is 10.1 Å². The van der Waals surface area contributed by atoms with Gasteiger partial charge in [0, 0.05) is 39.3 Å². The summed E-state index contributed by atoms with van der Waals surface area (Å²) in [4.78, 5) is 4.36. The molecule has 8 heteroatoms. The molecule has 0 aliphatic carbocycles. The maximum absolute atomic E-state index is 13.2. The van der Waals surface area contributed by atoms with E-state index < -0.39 is 10.1 Å². The SMILES string of the molecule is O=S(=O)(O)CCN1CC2CN(CCc3cccc(F)c3)CC(C1)O2. The second kappa shape index (κ2) is 7.45. The van der Waals surface area contributed by atoms with Gasteiger partial charge in [-0.1, -0.05) is 12.1 Å². The molecule has 1 aromatic carbocycles. The van der Waals surface area contributed by atoms with Crippen molar-refractivity contribution in [3.05, 3.63) is 35.6 Å². The predicted molar refractivity (Wildman–Crippen MR) is 88.1 cm³/mol. The van der Waals surface area contributed by atoms with E-state index in [-0.39, 0.29) is 23.8 Å². The average molecular weight is 358 g/mol. The molecule has 24 heavy (non-hydrogen) atoms. The van der Waals surface area contributed by atoms with Gasteiger partial charge in [-0.2, -0.15) is 8.42 Å². The van der Waals surface area contributed by atoms with E-state index in [1.165, 1.54) is 6.07 Å². The number of morpholine rings is 2. The first-order valence-corrected chi connectivity index (χ1v) is 9.78. The van der Waals surface area contributed by atoms with Gasteiger partial charge in [0.05, 0.1) is 18.0 Å². The van der Waals surface area contributed by atoms with Crippen molar-refractivity contribution in [3.63, 3.8) is 0 Å². The average Bonchev–Trinajstić information content (AvgIpc) is 2.50. The molecule has 1 N–H and O–H groups in total. The third-order valence-electron chi connectivity index (χ3n) is 4.50. The van der Waals surface area contributed by atoms with Crippen molar-refractivity contribution in [3.8, 4) is 0 Å². The van der Waals surface area contributed by atoms with Gasteiger partial charge in [-0.05, 0) is 24.1 Å². The molecule has 2 unspecified atom stereocenters. The zero-order valence-corrected chi connectivity index (χ0v) is 14.3. The second-order valence-corrected chi connectivity index (χ2v) is 8.14. The molecule has 1 aromatic rings. The van der Waals surface area contributed by atoms with Crippen LogP contribution in [0.5, 0.6) is 0 Å². The number of ether oxygens (including phenoxy) is 1. The van der Waals surface area contributed by atoms with Crippen LogP contribution in [0.15, 0.2) is 24.3 Å². The van der Waals surface area contributed by atoms with Crippen molar-refractivity contribution in [2.45, 2.75) is 18.6 Å². The minimum atomic E-state index is -3.92. The molecule has 2 bridgehead atoms. The molecule has 134 valence electrons. The maximum Gasteiger partial charge on any atom is 0.266 e. The number of rotatable bonds is 6. The smallest absolute Gasteiger partial charge is 0.266 e. The summed E-state index contributed by atoms with van der Waals surface area (Å²) < 4.78 is 49.8. The minimum absolute atomic E-state index is 0.0476. The highest BCUT2D eigenvalue weighted by atomic mass is 32.2. The summed E-state index contributed by atoms with van der Waals surface area (Å²) in [6.07, 6.45) is 0.891. The van der Waals surface area contributed by atoms with E-state index in [4.69, 9.17) is 9.29 Å². The summed E-state index contributed by atoms with van der Waals surface area (Å²) in [5.41, 5.74) is 0.987. The van der Waals surface area contributed by atoms with Crippen LogP contribution in [0.1, 0.15) is 5.56 Å². The number of halogens is 1. The first kappa shape index (κ1) is 17.8. The van der Waals surface area contributed by atoms with Crippen molar-refractivity contribution >= 4 is 10.1 Å². The van der Waals surface area contributed by atoms with Crippen LogP contribution in [0.4, 0.5) is 4.39 Å². The van der Waals surface area contributed by atoms with Crippen molar-refractivity contribution in [1.29, 1.82) is 0 Å². The molecule has 0 saturated carbocycles. The van der Waals surface area contributed by atoms with E-state index >= 15 is 0 Å². The Hall–Kier alpha value is -1.06. The Labute approximate surface area is 141 Å². The fourth-order valence-corrected chi connectivity index (χ4v) is 3.94. The number of nitrogens with zero attached hydrogens (tertiary/aromatic N) is 2. The summed E-state index contributed by atoms with van der Waals surface area (Å²) in [5.74, 6) is -0.448. The zero-order valence-electron chi connectivity index (χ0n) is 13.5. The molecule has 0 amide bonds. The first-order valence-electron chi connectivity index (χ1n) is 8.17. The van der Waals surface area contributed by atoms with Gasteiger partial charge >= 0.3 is 0 Å². The molecule has 2 fully saturated rings. The summed E-state index contributed by atoms with van der Waals surface area (Å²) in [7, 11) is -3.92. The van der Waals surface area contributed by atoms with Crippen LogP contribution in [0, 0.1) is 5.82 Å². The molecule has 0 spiro atoms. The van der Waals surface area contributed by atoms with Crippen LogP contribution in [-0.2, 0) is 21.3 Å². The Kier molecular flexibility index (Phi) is 5.51. The van der Waals surface area contributed by atoms with E-state index in [2.05, 4.69) is 4.90 Å². The number of hydrogen-bond donors (Lipinski definition) is 1. The molecule has 2 heterocycles. The third-order valence-corrected chi connectivity index (χ3v) is 5.20. The van der Waals surface area contributed by atoms with E-state index in [1.807, 2.05) is 11.0 Å². The lowest BCUT2D eigenvalue weighted by Crippen LogP contribution is -2.60. The zero-order chi connectivity index (χ0) is 17.2. The van der Waals surface area contributed by atoms with Crippen LogP contribution in [0.25, 0.3) is 0 Å². The topological polar surface area (TPSA) is 70.1 Å². The highest BCUT2D eigenvalue weighted by Crippen LogP contribution is 2.19. The first-order chi connectivity index (χ1) is 11.4. The fraction of sp³-hybridized carbons (Fsp3) is 0.625. The predicted octanol–water partition coefficient (Wildman–Crippen LogP) is 0.641. The summed E-state index contributed by atoms with van der Waals surface area (Å²) in [6.45, 7) is 4.09. The summed E-state index contributed by atoms with van der Waals surface area (Å²) in [5, 5.41) is 0. The highest BCUT2D eigenvalue weighted by molar-refractivity contribution is 7.85. The molecule has 2 aliphatic rings. The largest absolute Gasteiger partial charge is 0.370 e. The van der Waals surface area contributed by atoms with E-state index in [1.54, 1.807) is 12.1 Å². The second-order valence-electron chi connectivity index (χ2n) is 6.57. The molecule has 6 nitrogen and oxygen atoms in total. The monoisotopic (exact) mass is 358 g/mol. The van der Waals surface area contributed by atoms with Gasteiger partial charge in [0.15, 0.2) is 0 Å². The van der Waals surface area contributed by atoms with E-state index in [0.717, 1.165) is 31.6 Å². The van der Waals surface area contributed by atoms with Gasteiger partial charge in [0.1, 0.15) is 5.82 Å². The molecule has 3 rings (SSSR count). The lowest BCUT2D eigenvalue weighted by atomic mass is 10.1. The quantitative estimate of drug-likeness (QED) is 0.753. The minimum Gasteiger partial charge on any atom is -0.370 e. The molecular weight excluding hydrogens is 335 g/mol. The van der Waals surface area contributed by atoms with E-state index in [0.29, 0.717) is 19.6 Å². The van der Waals surface area contributed by atoms with Gasteiger partial charge in [-0.15, -0.1) is 0 Å². The number of benzene rings is 1. The van der Waals surface area contributed by atoms with E-state index in [9.17, 15) is 12.8 Å². The Morgan fingerprint density at radius 3 is 2.33 bits per heavy atom. The number of hydrogen-bond acceptors (Lipinski definition) is 5. The van der Waals surface area contributed by atoms with Gasteiger partial charge in [-0.25, -0.2) is 4.39 Å². The van der Waals surface area contributed by atoms with Crippen molar-refractivity contribution in [1.82, 2.24) is 9.80 Å². The Balaban J connectivity index is 1.48. The van der Waals surface area contributed by atoms with Crippen LogP contribution < -0.4 is 0 Å². The van der Waals surface area contributed by atoms with Crippen molar-refractivity contribution in [2.24, 2.45) is 0 Å². The molecule has 2 aliphatic heterocycles. The standard InChI is InChI=1S/C16H23FN2O4S/c17-14-3-1-2-13(8-14)4-5-18-9-15-11-19(6-7-24(20,21)22)12-16(10-18)23-15/h1-3,8,15-16H,4-7,9-12H2,(H,20,21,22). The van der Waals surface area contributed by atoms with Gasteiger partial charge in [-0.3, -0.25) is 14.4 Å². The lowest BCUT2D eigenvalue weighted by Gasteiger charge is -2.45. The van der Waals surface area contributed by atoms with Crippen LogP contribution in [-0.4, -0.2) is 80.0 Å². The van der Waals surface area contributed by atoms with Crippen molar-refractivity contribution in [2.75, 3.05) is 45.0 Å². The van der Waals surface area contributed by atoms with Crippen LogP contribution in [0.3, 0.4) is 0 Å². The Morgan fingerprint density at radius 2 is 1.75 bits per heavy atom. The highest BCUT2D eigenvalue weighted by Gasteiger charge is 2.34. The Bertz CT molecular complexity index is 656. The summed E-state index contributed by atoms with van der Waals surface area (Å²) in [6, 6.07) is 6.68. The molecule has 2 atom stereocenters. The number of fused-ring (bicyclic) bond motifs is 2. The molecule has 0 radical (unpaired) electrons. The lowest BCUT2D eigenvalue weighted by molar-refractivity contribution is -0.137. The maximum atomic E-state index is 13.2. The van der Waals surface area contributed by atoms with Gasteiger partial charge < -0.3 is 4.74 Å². The normalized spacial score (nSPS) is 25.8. The van der Waals surface area contributed by atoms with Crippen molar-refractivity contribution < 1.29 is 22.1 Å². The Morgan fingerprint density at radius 1 is 1.12 bits per heavy atom. The molecule has 2 saturated heterocycles. The van der Waals surface area contributed by atoms with Crippen LogP contribution >= 0.6 is 0 Å². The van der Waals surface area contributed by atoms with Crippen LogP contribution in [0.2, 0.25) is 0 Å². The molecular formula is C16H23FN2O4S. The summed E-state index contributed by atoms with van der Waals surface area (Å²) >= 11 is 0. The van der Waals surface area contributed by atoms with Gasteiger partial charge in [0.2, 0.25) is 0 Å².